The number of nitro groups is 1. The van der Waals surface area contributed by atoms with Gasteiger partial charge in [-0.2, -0.15) is 0 Å². The summed E-state index contributed by atoms with van der Waals surface area (Å²) in [6.07, 6.45) is 4.02. The van der Waals surface area contributed by atoms with Crippen molar-refractivity contribution in [2.45, 2.75) is 6.42 Å². The zero-order chi connectivity index (χ0) is 18.1. The van der Waals surface area contributed by atoms with E-state index in [1.807, 2.05) is 30.5 Å². The molecular formula is C18H15N5O3. The SMILES string of the molecule is O=c1c([N+](=O)[O-])c(NCCc2c[nH]c3ccccc23)nc2ccccn12. The molecule has 0 aliphatic rings. The first-order valence-corrected chi connectivity index (χ1v) is 8.10. The van der Waals surface area contributed by atoms with Gasteiger partial charge in [0.1, 0.15) is 5.65 Å². The number of hydrogen-bond donors (Lipinski definition) is 2. The zero-order valence-corrected chi connectivity index (χ0v) is 13.7. The number of nitrogens with zero attached hydrogens (tertiary/aromatic N) is 3. The van der Waals surface area contributed by atoms with Crippen LogP contribution in [0, 0.1) is 10.1 Å². The van der Waals surface area contributed by atoms with E-state index in [1.54, 1.807) is 18.2 Å². The topological polar surface area (TPSA) is 105 Å². The first-order chi connectivity index (χ1) is 12.6. The minimum absolute atomic E-state index is 0.00830. The Morgan fingerprint density at radius 2 is 2.00 bits per heavy atom. The average molecular weight is 349 g/mol. The number of nitrogens with one attached hydrogen (secondary N) is 2. The molecule has 130 valence electrons. The van der Waals surface area contributed by atoms with Crippen LogP contribution in [0.15, 0.2) is 59.7 Å². The quantitative estimate of drug-likeness (QED) is 0.426. The van der Waals surface area contributed by atoms with Crippen LogP contribution in [-0.4, -0.2) is 25.8 Å². The lowest BCUT2D eigenvalue weighted by molar-refractivity contribution is -0.385. The van der Waals surface area contributed by atoms with Crippen LogP contribution in [0.2, 0.25) is 0 Å². The number of rotatable bonds is 5. The molecule has 4 aromatic rings. The van der Waals surface area contributed by atoms with Gasteiger partial charge in [-0.25, -0.2) is 4.98 Å². The number of anilines is 1. The fourth-order valence-electron chi connectivity index (χ4n) is 3.02. The van der Waals surface area contributed by atoms with Crippen molar-refractivity contribution in [3.63, 3.8) is 0 Å². The molecule has 1 aromatic carbocycles. The minimum Gasteiger partial charge on any atom is -0.364 e. The number of benzene rings is 1. The van der Waals surface area contributed by atoms with Gasteiger partial charge in [0.15, 0.2) is 0 Å². The van der Waals surface area contributed by atoms with Crippen molar-refractivity contribution in [1.29, 1.82) is 0 Å². The summed E-state index contributed by atoms with van der Waals surface area (Å²) in [5, 5.41) is 15.4. The molecule has 0 bridgehead atoms. The Morgan fingerprint density at radius 3 is 2.85 bits per heavy atom. The van der Waals surface area contributed by atoms with E-state index in [1.165, 1.54) is 10.6 Å². The molecule has 0 spiro atoms. The number of fused-ring (bicyclic) bond motifs is 2. The summed E-state index contributed by atoms with van der Waals surface area (Å²) in [6.45, 7) is 0.415. The van der Waals surface area contributed by atoms with Gasteiger partial charge in [-0.15, -0.1) is 0 Å². The maximum atomic E-state index is 12.4. The van der Waals surface area contributed by atoms with E-state index in [9.17, 15) is 14.9 Å². The molecule has 0 aliphatic carbocycles. The smallest absolute Gasteiger partial charge is 0.364 e. The van der Waals surface area contributed by atoms with E-state index in [0.717, 1.165) is 16.5 Å². The Bertz CT molecular complexity index is 1180. The van der Waals surface area contributed by atoms with Crippen molar-refractivity contribution in [2.24, 2.45) is 0 Å². The zero-order valence-electron chi connectivity index (χ0n) is 13.7. The monoisotopic (exact) mass is 349 g/mol. The molecule has 0 fully saturated rings. The molecule has 26 heavy (non-hydrogen) atoms. The normalized spacial score (nSPS) is 11.1. The first-order valence-electron chi connectivity index (χ1n) is 8.10. The lowest BCUT2D eigenvalue weighted by atomic mass is 10.1. The third-order valence-electron chi connectivity index (χ3n) is 4.25. The highest BCUT2D eigenvalue weighted by Crippen LogP contribution is 2.20. The van der Waals surface area contributed by atoms with Gasteiger partial charge >= 0.3 is 11.2 Å². The molecule has 0 amide bonds. The number of aromatic nitrogens is 3. The molecule has 8 nitrogen and oxygen atoms in total. The molecule has 0 unspecified atom stereocenters. The van der Waals surface area contributed by atoms with Crippen molar-refractivity contribution in [3.05, 3.63) is 80.9 Å². The Kier molecular flexibility index (Phi) is 3.85. The standard InChI is InChI=1S/C18H15N5O3/c24-18-16(23(25)26)17(21-15-7-3-4-10-22(15)18)19-9-8-12-11-20-14-6-2-1-5-13(12)14/h1-7,10-11,19-20H,8-9H2. The van der Waals surface area contributed by atoms with Crippen LogP contribution < -0.4 is 10.9 Å². The highest BCUT2D eigenvalue weighted by Gasteiger charge is 2.23. The summed E-state index contributed by atoms with van der Waals surface area (Å²) >= 11 is 0. The van der Waals surface area contributed by atoms with Crippen LogP contribution in [-0.2, 0) is 6.42 Å². The highest BCUT2D eigenvalue weighted by molar-refractivity contribution is 5.83. The molecule has 0 saturated carbocycles. The van der Waals surface area contributed by atoms with E-state index >= 15 is 0 Å². The second-order valence-electron chi connectivity index (χ2n) is 5.84. The van der Waals surface area contributed by atoms with Gasteiger partial charge in [0, 0.05) is 29.8 Å². The predicted octanol–water partition coefficient (Wildman–Crippen LogP) is 2.74. The molecule has 2 N–H and O–H groups in total. The minimum atomic E-state index is -0.699. The van der Waals surface area contributed by atoms with Crippen molar-refractivity contribution in [1.82, 2.24) is 14.4 Å². The van der Waals surface area contributed by atoms with Crippen molar-refractivity contribution >= 4 is 28.1 Å². The Labute approximate surface area is 147 Å². The van der Waals surface area contributed by atoms with Crippen LogP contribution in [0.5, 0.6) is 0 Å². The summed E-state index contributed by atoms with van der Waals surface area (Å²) in [7, 11) is 0. The summed E-state index contributed by atoms with van der Waals surface area (Å²) in [5.74, 6) is -0.00830. The second-order valence-corrected chi connectivity index (χ2v) is 5.84. The van der Waals surface area contributed by atoms with Gasteiger partial charge in [0.05, 0.1) is 4.92 Å². The van der Waals surface area contributed by atoms with E-state index in [0.29, 0.717) is 18.6 Å². The molecule has 4 rings (SSSR count). The number of pyridine rings is 1. The summed E-state index contributed by atoms with van der Waals surface area (Å²) in [4.78, 5) is 30.5. The highest BCUT2D eigenvalue weighted by atomic mass is 16.6. The first kappa shape index (κ1) is 15.8. The lowest BCUT2D eigenvalue weighted by Gasteiger charge is -2.07. The molecule has 0 aliphatic heterocycles. The van der Waals surface area contributed by atoms with Crippen LogP contribution in [0.25, 0.3) is 16.6 Å². The largest absolute Gasteiger partial charge is 0.376 e. The van der Waals surface area contributed by atoms with Gasteiger partial charge in [-0.1, -0.05) is 24.3 Å². The maximum Gasteiger partial charge on any atom is 0.376 e. The van der Waals surface area contributed by atoms with Crippen molar-refractivity contribution < 1.29 is 4.92 Å². The lowest BCUT2D eigenvalue weighted by Crippen LogP contribution is -2.21. The van der Waals surface area contributed by atoms with E-state index in [-0.39, 0.29) is 5.82 Å². The van der Waals surface area contributed by atoms with Crippen molar-refractivity contribution in [2.75, 3.05) is 11.9 Å². The van der Waals surface area contributed by atoms with E-state index in [4.69, 9.17) is 0 Å². The third-order valence-corrected chi connectivity index (χ3v) is 4.25. The van der Waals surface area contributed by atoms with Crippen LogP contribution >= 0.6 is 0 Å². The van der Waals surface area contributed by atoms with Crippen LogP contribution in [0.4, 0.5) is 11.5 Å². The molecule has 0 saturated heterocycles. The van der Waals surface area contributed by atoms with Gasteiger partial charge in [0.25, 0.3) is 0 Å². The molecular weight excluding hydrogens is 334 g/mol. The fraction of sp³-hybridized carbons (Fsp3) is 0.111. The Balaban J connectivity index is 1.63. The number of H-pyrrole nitrogens is 1. The van der Waals surface area contributed by atoms with E-state index < -0.39 is 16.2 Å². The maximum absolute atomic E-state index is 12.4. The molecule has 3 heterocycles. The predicted molar refractivity (Wildman–Crippen MR) is 98.6 cm³/mol. The average Bonchev–Trinajstić information content (AvgIpc) is 3.05. The molecule has 8 heteroatoms. The summed E-state index contributed by atoms with van der Waals surface area (Å²) < 4.78 is 1.17. The number of para-hydroxylation sites is 1. The molecule has 0 radical (unpaired) electrons. The van der Waals surface area contributed by atoms with Gasteiger partial charge in [-0.05, 0) is 30.2 Å². The second kappa shape index (κ2) is 6.32. The Hall–Kier alpha value is -3.68. The van der Waals surface area contributed by atoms with Crippen molar-refractivity contribution in [3.8, 4) is 0 Å². The van der Waals surface area contributed by atoms with Gasteiger partial charge in [-0.3, -0.25) is 19.3 Å². The van der Waals surface area contributed by atoms with Gasteiger partial charge < -0.3 is 10.3 Å². The Morgan fingerprint density at radius 1 is 1.19 bits per heavy atom. The third kappa shape index (κ3) is 2.67. The number of aromatic amines is 1. The summed E-state index contributed by atoms with van der Waals surface area (Å²) in [6, 6.07) is 12.9. The summed E-state index contributed by atoms with van der Waals surface area (Å²) in [5.41, 5.74) is 1.24. The van der Waals surface area contributed by atoms with Crippen LogP contribution in [0.1, 0.15) is 5.56 Å². The van der Waals surface area contributed by atoms with E-state index in [2.05, 4.69) is 15.3 Å². The van der Waals surface area contributed by atoms with Crippen LogP contribution in [0.3, 0.4) is 0 Å². The fourth-order valence-corrected chi connectivity index (χ4v) is 3.02. The number of hydrogen-bond acceptors (Lipinski definition) is 5. The molecule has 0 atom stereocenters. The molecule has 3 aromatic heterocycles. The van der Waals surface area contributed by atoms with Gasteiger partial charge in [0.2, 0.25) is 5.82 Å².